The van der Waals surface area contributed by atoms with E-state index in [1.54, 1.807) is 0 Å². The number of halogens is 1. The molecule has 10 heavy (non-hydrogen) atoms. The first kappa shape index (κ1) is 9.41. The van der Waals surface area contributed by atoms with E-state index < -0.39 is 0 Å². The summed E-state index contributed by atoms with van der Waals surface area (Å²) in [6.45, 7) is 5.38. The van der Waals surface area contributed by atoms with Gasteiger partial charge >= 0.3 is 0 Å². The standard InChI is InChI=1S/C9H15F/c1-4-5-6-7-8(2)9(3)10/h5-6H,4,7H2,1-3H3/b6-5-,9-8+. The molecule has 0 saturated carbocycles. The Morgan fingerprint density at radius 2 is 1.90 bits per heavy atom. The minimum atomic E-state index is -0.0549. The molecule has 0 aromatic carbocycles. The van der Waals surface area contributed by atoms with Crippen molar-refractivity contribution in [3.8, 4) is 0 Å². The van der Waals surface area contributed by atoms with Crippen LogP contribution in [0.4, 0.5) is 4.39 Å². The lowest BCUT2D eigenvalue weighted by Gasteiger charge is -1.93. The van der Waals surface area contributed by atoms with E-state index in [1.165, 1.54) is 6.92 Å². The van der Waals surface area contributed by atoms with Gasteiger partial charge in [0, 0.05) is 0 Å². The fraction of sp³-hybridized carbons (Fsp3) is 0.556. The van der Waals surface area contributed by atoms with Crippen LogP contribution >= 0.6 is 0 Å². The fourth-order valence-electron chi connectivity index (χ4n) is 0.567. The van der Waals surface area contributed by atoms with E-state index in [4.69, 9.17) is 0 Å². The third-order valence-corrected chi connectivity index (χ3v) is 1.41. The summed E-state index contributed by atoms with van der Waals surface area (Å²) in [7, 11) is 0. The van der Waals surface area contributed by atoms with Crippen LogP contribution in [-0.4, -0.2) is 0 Å². The number of hydrogen-bond donors (Lipinski definition) is 0. The van der Waals surface area contributed by atoms with Crippen LogP contribution in [0.5, 0.6) is 0 Å². The van der Waals surface area contributed by atoms with Gasteiger partial charge in [0.15, 0.2) is 0 Å². The maximum absolute atomic E-state index is 12.4. The molecule has 1 heteroatoms. The smallest absolute Gasteiger partial charge is 0.0961 e. The van der Waals surface area contributed by atoms with Crippen molar-refractivity contribution in [3.05, 3.63) is 23.6 Å². The van der Waals surface area contributed by atoms with Crippen LogP contribution in [-0.2, 0) is 0 Å². The highest BCUT2D eigenvalue weighted by Gasteiger charge is 1.90. The van der Waals surface area contributed by atoms with Crippen molar-refractivity contribution in [3.63, 3.8) is 0 Å². The number of allylic oxidation sites excluding steroid dienone is 4. The van der Waals surface area contributed by atoms with E-state index in [1.807, 2.05) is 19.1 Å². The Hall–Kier alpha value is -0.590. The first-order valence-electron chi connectivity index (χ1n) is 3.65. The molecule has 0 amide bonds. The lowest BCUT2D eigenvalue weighted by molar-refractivity contribution is 0.624. The van der Waals surface area contributed by atoms with Gasteiger partial charge in [-0.25, -0.2) is 4.39 Å². The minimum Gasteiger partial charge on any atom is -0.212 e. The summed E-state index contributed by atoms with van der Waals surface area (Å²) in [5.74, 6) is -0.0549. The largest absolute Gasteiger partial charge is 0.212 e. The van der Waals surface area contributed by atoms with Gasteiger partial charge in [-0.1, -0.05) is 19.1 Å². The molecule has 0 bridgehead atoms. The van der Waals surface area contributed by atoms with Gasteiger partial charge in [0.2, 0.25) is 0 Å². The Balaban J connectivity index is 3.70. The lowest BCUT2D eigenvalue weighted by Crippen LogP contribution is -1.75. The molecule has 0 aromatic heterocycles. The van der Waals surface area contributed by atoms with E-state index >= 15 is 0 Å². The maximum Gasteiger partial charge on any atom is 0.0961 e. The van der Waals surface area contributed by atoms with Gasteiger partial charge in [0.1, 0.15) is 0 Å². The van der Waals surface area contributed by atoms with Gasteiger partial charge in [-0.05, 0) is 32.3 Å². The molecule has 0 aliphatic heterocycles. The SMILES string of the molecule is CC/C=C\C/C(C)=C(\C)F. The van der Waals surface area contributed by atoms with Crippen LogP contribution in [0, 0.1) is 0 Å². The van der Waals surface area contributed by atoms with Crippen molar-refractivity contribution < 1.29 is 4.39 Å². The molecule has 0 aliphatic rings. The predicted octanol–water partition coefficient (Wildman–Crippen LogP) is 3.61. The Kier molecular flexibility index (Phi) is 4.91. The topological polar surface area (TPSA) is 0 Å². The van der Waals surface area contributed by atoms with Gasteiger partial charge in [-0.15, -0.1) is 0 Å². The third-order valence-electron chi connectivity index (χ3n) is 1.41. The van der Waals surface area contributed by atoms with Gasteiger partial charge in [0.05, 0.1) is 5.83 Å². The third kappa shape index (κ3) is 4.30. The Morgan fingerprint density at radius 3 is 2.30 bits per heavy atom. The molecule has 0 spiro atoms. The molecule has 0 unspecified atom stereocenters. The Morgan fingerprint density at radius 1 is 1.30 bits per heavy atom. The average Bonchev–Trinajstić information content (AvgIpc) is 1.88. The molecule has 0 heterocycles. The molecule has 0 saturated heterocycles. The summed E-state index contributed by atoms with van der Waals surface area (Å²) in [5, 5.41) is 0. The highest BCUT2D eigenvalue weighted by molar-refractivity contribution is 5.07. The second-order valence-corrected chi connectivity index (χ2v) is 2.40. The molecular weight excluding hydrogens is 127 g/mol. The zero-order valence-electron chi connectivity index (χ0n) is 6.95. The summed E-state index contributed by atoms with van der Waals surface area (Å²) in [6.07, 6.45) is 5.82. The van der Waals surface area contributed by atoms with Crippen LogP contribution in [0.25, 0.3) is 0 Å². The fourth-order valence-corrected chi connectivity index (χ4v) is 0.567. The van der Waals surface area contributed by atoms with Gasteiger partial charge in [-0.3, -0.25) is 0 Å². The minimum absolute atomic E-state index is 0.0549. The molecule has 0 aromatic rings. The molecule has 0 radical (unpaired) electrons. The number of rotatable bonds is 3. The van der Waals surface area contributed by atoms with E-state index in [0.717, 1.165) is 18.4 Å². The average molecular weight is 142 g/mol. The highest BCUT2D eigenvalue weighted by atomic mass is 19.1. The highest BCUT2D eigenvalue weighted by Crippen LogP contribution is 2.08. The molecular formula is C9H15F. The summed E-state index contributed by atoms with van der Waals surface area (Å²) < 4.78 is 12.4. The summed E-state index contributed by atoms with van der Waals surface area (Å²) in [4.78, 5) is 0. The van der Waals surface area contributed by atoms with Crippen molar-refractivity contribution in [1.82, 2.24) is 0 Å². The van der Waals surface area contributed by atoms with Crippen LogP contribution in [0.3, 0.4) is 0 Å². The molecule has 0 atom stereocenters. The van der Waals surface area contributed by atoms with Gasteiger partial charge in [0.25, 0.3) is 0 Å². The van der Waals surface area contributed by atoms with Gasteiger partial charge in [-0.2, -0.15) is 0 Å². The van der Waals surface area contributed by atoms with Crippen molar-refractivity contribution in [2.75, 3.05) is 0 Å². The second kappa shape index (κ2) is 5.21. The first-order chi connectivity index (χ1) is 4.68. The van der Waals surface area contributed by atoms with Gasteiger partial charge < -0.3 is 0 Å². The molecule has 0 nitrogen and oxygen atoms in total. The summed E-state index contributed by atoms with van der Waals surface area (Å²) >= 11 is 0. The van der Waals surface area contributed by atoms with E-state index in [-0.39, 0.29) is 5.83 Å². The Labute approximate surface area is 62.4 Å². The van der Waals surface area contributed by atoms with Crippen molar-refractivity contribution in [2.24, 2.45) is 0 Å². The molecule has 0 rings (SSSR count). The Bertz CT molecular complexity index is 139. The molecule has 0 fully saturated rings. The second-order valence-electron chi connectivity index (χ2n) is 2.40. The first-order valence-corrected chi connectivity index (χ1v) is 3.65. The van der Waals surface area contributed by atoms with Crippen molar-refractivity contribution in [2.45, 2.75) is 33.6 Å². The molecule has 0 aliphatic carbocycles. The zero-order valence-corrected chi connectivity index (χ0v) is 6.95. The molecule has 58 valence electrons. The van der Waals surface area contributed by atoms with Crippen LogP contribution in [0.1, 0.15) is 33.6 Å². The lowest BCUT2D eigenvalue weighted by atomic mass is 10.2. The normalized spacial score (nSPS) is 14.0. The monoisotopic (exact) mass is 142 g/mol. The van der Waals surface area contributed by atoms with E-state index in [9.17, 15) is 4.39 Å². The van der Waals surface area contributed by atoms with Crippen LogP contribution < -0.4 is 0 Å². The van der Waals surface area contributed by atoms with Crippen molar-refractivity contribution >= 4 is 0 Å². The van der Waals surface area contributed by atoms with E-state index in [2.05, 4.69) is 6.92 Å². The summed E-state index contributed by atoms with van der Waals surface area (Å²) in [5.41, 5.74) is 0.824. The number of hydrogen-bond acceptors (Lipinski definition) is 0. The maximum atomic E-state index is 12.4. The van der Waals surface area contributed by atoms with Crippen molar-refractivity contribution in [1.29, 1.82) is 0 Å². The quantitative estimate of drug-likeness (QED) is 0.528. The van der Waals surface area contributed by atoms with Crippen LogP contribution in [0.15, 0.2) is 23.6 Å². The van der Waals surface area contributed by atoms with Crippen LogP contribution in [0.2, 0.25) is 0 Å². The molecule has 0 N–H and O–H groups in total. The van der Waals surface area contributed by atoms with E-state index in [0.29, 0.717) is 0 Å². The predicted molar refractivity (Wildman–Crippen MR) is 43.5 cm³/mol. The summed E-state index contributed by atoms with van der Waals surface area (Å²) in [6, 6.07) is 0. The zero-order chi connectivity index (χ0) is 7.98.